The molecule has 103 heavy (non-hydrogen) atoms. The molecule has 10 heterocycles. The van der Waals surface area contributed by atoms with Gasteiger partial charge >= 0.3 is 5.97 Å². The second kappa shape index (κ2) is 34.4. The van der Waals surface area contributed by atoms with Gasteiger partial charge < -0.3 is 68.9 Å². The summed E-state index contributed by atoms with van der Waals surface area (Å²) >= 11 is 0. The number of carbonyl (C=O) groups is 2. The maximum absolute atomic E-state index is 13.9. The van der Waals surface area contributed by atoms with Crippen LogP contribution in [-0.2, 0) is 20.3 Å². The topological polar surface area (TPSA) is 291 Å². The van der Waals surface area contributed by atoms with Gasteiger partial charge in [0.25, 0.3) is 13.9 Å². The van der Waals surface area contributed by atoms with E-state index in [1.54, 1.807) is 26.4 Å². The average molecular weight is 1410 g/mol. The Morgan fingerprint density at radius 3 is 1.35 bits per heavy atom. The highest BCUT2D eigenvalue weighted by Gasteiger charge is 2.31. The maximum atomic E-state index is 13.9. The van der Waals surface area contributed by atoms with Crippen molar-refractivity contribution < 1.29 is 47.7 Å². The van der Waals surface area contributed by atoms with Crippen molar-refractivity contribution in [3.05, 3.63) is 117 Å². The molecule has 0 bridgehead atoms. The molecule has 23 heteroatoms. The van der Waals surface area contributed by atoms with Crippen LogP contribution < -0.4 is 20.5 Å². The van der Waals surface area contributed by atoms with Crippen molar-refractivity contribution in [1.82, 2.24) is 55.3 Å². The molecule has 14 rings (SSSR count). The molecule has 6 aromatic heterocycles. The van der Waals surface area contributed by atoms with Gasteiger partial charge in [-0.15, -0.1) is 0 Å². The Bertz CT molecular complexity index is 4540. The monoisotopic (exact) mass is 1410 g/mol. The number of rotatable bonds is 11. The average Bonchev–Trinajstić information content (AvgIpc) is 1.58. The molecule has 4 aliphatic heterocycles. The van der Waals surface area contributed by atoms with Gasteiger partial charge in [-0.25, -0.2) is 24.7 Å². The number of nitrogens with zero attached hydrogens (tertiary/aromatic N) is 8. The van der Waals surface area contributed by atoms with Crippen LogP contribution in [0, 0.1) is 41.5 Å². The lowest BCUT2D eigenvalue weighted by molar-refractivity contribution is 0.0238. The Kier molecular flexibility index (Phi) is 26.2. The van der Waals surface area contributed by atoms with Crippen LogP contribution in [0.1, 0.15) is 188 Å². The summed E-state index contributed by atoms with van der Waals surface area (Å²) in [6, 6.07) is 21.7. The first kappa shape index (κ1) is 78.6. The molecule has 0 saturated carbocycles. The number of likely N-dealkylation sites (tertiary alicyclic amines) is 2. The number of hydrogen-bond donors (Lipinski definition) is 6. The van der Waals surface area contributed by atoms with E-state index in [0.29, 0.717) is 57.9 Å². The van der Waals surface area contributed by atoms with Gasteiger partial charge in [-0.2, -0.15) is 0 Å². The van der Waals surface area contributed by atoms with Crippen LogP contribution in [0.3, 0.4) is 0 Å². The van der Waals surface area contributed by atoms with Gasteiger partial charge in [0.2, 0.25) is 0 Å². The van der Waals surface area contributed by atoms with E-state index in [1.165, 1.54) is 38.8 Å². The minimum absolute atomic E-state index is 0. The number of hydrogen-bond acceptors (Lipinski definition) is 18. The van der Waals surface area contributed by atoms with Crippen molar-refractivity contribution in [2.24, 2.45) is 5.73 Å². The number of aromatic amines is 2. The summed E-state index contributed by atoms with van der Waals surface area (Å²) < 4.78 is 39.1. The van der Waals surface area contributed by atoms with E-state index in [4.69, 9.17) is 55.0 Å². The summed E-state index contributed by atoms with van der Waals surface area (Å²) in [6.45, 7) is 36.1. The van der Waals surface area contributed by atoms with Crippen LogP contribution in [0.4, 0.5) is 0 Å². The molecule has 4 aromatic carbocycles. The third-order valence-electron chi connectivity index (χ3n) is 19.9. The van der Waals surface area contributed by atoms with Gasteiger partial charge in [0.1, 0.15) is 46.0 Å². The quantitative estimate of drug-likeness (QED) is 0.0656. The van der Waals surface area contributed by atoms with Gasteiger partial charge in [-0.3, -0.25) is 4.79 Å². The molecule has 0 spiro atoms. The zero-order valence-electron chi connectivity index (χ0n) is 62.8. The molecule has 1 radical (unpaired) electrons. The van der Waals surface area contributed by atoms with E-state index in [0.717, 1.165) is 177 Å². The lowest BCUT2D eigenvalue weighted by Gasteiger charge is -2.39. The Hall–Kier alpha value is -8.58. The minimum Gasteiger partial charge on any atom is -0.496 e. The first-order valence-corrected chi connectivity index (χ1v) is 35.5. The highest BCUT2D eigenvalue weighted by molar-refractivity contribution is 6.15. The summed E-state index contributed by atoms with van der Waals surface area (Å²) in [5, 5.41) is 32.1. The van der Waals surface area contributed by atoms with Crippen LogP contribution in [0.25, 0.3) is 88.6 Å². The highest BCUT2D eigenvalue weighted by atomic mass is 16.5. The number of aromatic carboxylic acids is 1. The van der Waals surface area contributed by atoms with E-state index < -0.39 is 5.97 Å². The molecule has 1 amide bonds. The summed E-state index contributed by atoms with van der Waals surface area (Å²) in [6.07, 6.45) is 8.89. The largest absolute Gasteiger partial charge is 0.496 e. The fourth-order valence-corrected chi connectivity index (χ4v) is 14.5. The van der Waals surface area contributed by atoms with Crippen LogP contribution in [0.15, 0.2) is 69.7 Å². The first-order chi connectivity index (χ1) is 48.7. The number of amides is 1. The standard InChI is InChI=1S/C38H46N6O4.C28H28N4O4.C10H20N2O.C2H6.2CH4.BH2O/c1-21-33(22(2)48-43-21)30-19-31-29(20-32(30)46-7)34-35(39-23(3)40-36(34)42-31)24-16-25(18-26(17-24)38(4,5)6)37(45)41-27-8-12-44(13-9-27)28-10-14-47-15-11-28;1-13-23(14(2)36-32-13)20-11-21-19(12-22(20)35-7)24-25(29-15(3)30-26(24)31-21)16-8-17(27(33)34)10-18(9-16)28(4,5)6;11-9-1-5-12(6-2-9)10-3-7-13-8-4-10;1-2;;;1-2/h16-20,27-28H,8-15H2,1-7H3,(H,41,45)(H,39,40,42);8-12H,1-7H3,(H,33,34)(H,29,30,31);9-10H,1-8,11H2;1-2H3;2*1H4;1-2H/i;;;;;;1T. The second-order valence-corrected chi connectivity index (χ2v) is 28.8. The number of nitrogens with one attached hydrogen (secondary N) is 3. The van der Waals surface area contributed by atoms with E-state index in [1.807, 2.05) is 91.8 Å². The maximum Gasteiger partial charge on any atom is 0.335 e. The fraction of sp³-hybridized carbons (Fsp3) is 0.500. The lowest BCUT2D eigenvalue weighted by atomic mass is 9.84. The third kappa shape index (κ3) is 17.8. The number of piperidine rings is 2. The van der Waals surface area contributed by atoms with Crippen LogP contribution in [0.2, 0.25) is 0 Å². The van der Waals surface area contributed by atoms with Gasteiger partial charge in [-0.05, 0) is 189 Å². The van der Waals surface area contributed by atoms with E-state index in [-0.39, 0.29) is 51.2 Å². The van der Waals surface area contributed by atoms with E-state index in [9.17, 15) is 14.7 Å². The zero-order valence-corrected chi connectivity index (χ0v) is 61.8. The Morgan fingerprint density at radius 1 is 0.592 bits per heavy atom. The molecule has 0 unspecified atom stereocenters. The molecule has 4 fully saturated rings. The van der Waals surface area contributed by atoms with Crippen molar-refractivity contribution in [2.75, 3.05) is 66.8 Å². The summed E-state index contributed by atoms with van der Waals surface area (Å²) in [7, 11) is 3.55. The van der Waals surface area contributed by atoms with Crippen LogP contribution in [-0.4, -0.2) is 172 Å². The number of carboxylic acids is 1. The molecule has 4 saturated heterocycles. The van der Waals surface area contributed by atoms with Gasteiger partial charge in [0.05, 0.1) is 64.5 Å². The molecule has 0 atom stereocenters. The molecule has 10 aromatic rings. The smallest absolute Gasteiger partial charge is 0.335 e. The number of aromatic nitrogens is 8. The summed E-state index contributed by atoms with van der Waals surface area (Å²) in [5.41, 5.74) is 19.7. The SMILES string of the molecule is C.C.CC.COc1cc2c(cc1-c1c(C)noc1C)[nH]c1nc(C)nc(-c3cc(C(=O)NC4CCN(C5CCOCC5)CC4)cc(C(C)(C)C)c3)c12.COc1cc2c(cc1-c1c(C)noc1C)[nH]c1nc(C)nc(-c3cc(C(=O)O)cc(C(C)(C)C)c3)c12.NC1CCN(C2CCOCC2)CC1.[3H][B]O. The minimum atomic E-state index is -0.978. The van der Waals surface area contributed by atoms with Crippen LogP contribution in [0.5, 0.6) is 11.5 Å². The number of nitrogens with two attached hydrogens (primary N) is 1. The number of H-pyrrole nitrogens is 2. The Balaban J connectivity index is 0.000000214. The Morgan fingerprint density at radius 2 is 0.981 bits per heavy atom. The van der Waals surface area contributed by atoms with Gasteiger partial charge in [-0.1, -0.05) is 80.6 Å². The molecule has 4 aliphatic rings. The number of ether oxygens (including phenoxy) is 4. The summed E-state index contributed by atoms with van der Waals surface area (Å²) in [5.74, 6) is 3.01. The van der Waals surface area contributed by atoms with Gasteiger partial charge in [0, 0.05) is 115 Å². The van der Waals surface area contributed by atoms with Crippen molar-refractivity contribution in [1.29, 1.82) is 1.34 Å². The van der Waals surface area contributed by atoms with Crippen LogP contribution >= 0.6 is 0 Å². The molecule has 0 aliphatic carbocycles. The fourth-order valence-electron chi connectivity index (χ4n) is 14.5. The van der Waals surface area contributed by atoms with E-state index in [2.05, 4.69) is 94.1 Å². The third-order valence-corrected chi connectivity index (χ3v) is 19.9. The molecular formula is C80H110BN12O10. The van der Waals surface area contributed by atoms with Gasteiger partial charge in [0.15, 0.2) is 0 Å². The number of carboxylic acid groups (broad SMARTS) is 1. The number of fused-ring (bicyclic) bond motifs is 6. The van der Waals surface area contributed by atoms with Crippen molar-refractivity contribution in [3.63, 3.8) is 0 Å². The second-order valence-electron chi connectivity index (χ2n) is 28.8. The Labute approximate surface area is 609 Å². The first-order valence-electron chi connectivity index (χ1n) is 36.0. The number of methoxy groups -OCH3 is 2. The molecule has 22 nitrogen and oxygen atoms in total. The molecular weight excluding hydrogens is 1300 g/mol. The zero-order chi connectivity index (χ0) is 73.5. The van der Waals surface area contributed by atoms with E-state index >= 15 is 0 Å². The molecule has 7 N–H and O–H groups in total. The predicted octanol–water partition coefficient (Wildman–Crippen LogP) is 15.1. The highest BCUT2D eigenvalue weighted by Crippen LogP contribution is 2.45. The lowest BCUT2D eigenvalue weighted by Crippen LogP contribution is -2.49. The predicted molar refractivity (Wildman–Crippen MR) is 413 cm³/mol. The van der Waals surface area contributed by atoms with Crippen molar-refractivity contribution in [3.8, 4) is 56.3 Å². The number of carbonyl (C=O) groups excluding carboxylic acids is 1. The van der Waals surface area contributed by atoms with Crippen molar-refractivity contribution >= 4 is 63.8 Å². The normalized spacial score (nSPS) is 16.0. The van der Waals surface area contributed by atoms with Crippen molar-refractivity contribution in [2.45, 2.75) is 198 Å². The number of aryl methyl sites for hydroxylation is 6. The molecule has 553 valence electrons. The summed E-state index contributed by atoms with van der Waals surface area (Å²) in [4.78, 5) is 57.3. The number of benzene rings is 4.